The van der Waals surface area contributed by atoms with Crippen molar-refractivity contribution in [3.8, 4) is 0 Å². The highest BCUT2D eigenvalue weighted by Gasteiger charge is 2.07. The first-order chi connectivity index (χ1) is 7.60. The minimum atomic E-state index is 1.16. The van der Waals surface area contributed by atoms with E-state index in [0.29, 0.717) is 0 Å². The topological polar surface area (TPSA) is 3.24 Å². The number of hydrogen-bond donors (Lipinski definition) is 0. The molecule has 90 valence electrons. The smallest absolute Gasteiger partial charge is 0.0371 e. The highest BCUT2D eigenvalue weighted by molar-refractivity contribution is 5.53. The molecule has 1 nitrogen and oxygen atoms in total. The van der Waals surface area contributed by atoms with Crippen LogP contribution in [0.15, 0.2) is 12.1 Å². The van der Waals surface area contributed by atoms with Crippen molar-refractivity contribution in [3.63, 3.8) is 0 Å². The second-order valence-electron chi connectivity index (χ2n) is 4.69. The van der Waals surface area contributed by atoms with Gasteiger partial charge in [-0.1, -0.05) is 13.8 Å². The average Bonchev–Trinajstić information content (AvgIpc) is 2.25. The molecule has 0 aliphatic heterocycles. The van der Waals surface area contributed by atoms with E-state index in [9.17, 15) is 0 Å². The number of hydrogen-bond acceptors (Lipinski definition) is 1. The fourth-order valence-electron chi connectivity index (χ4n) is 2.11. The van der Waals surface area contributed by atoms with Gasteiger partial charge in [-0.15, -0.1) is 0 Å². The normalized spacial score (nSPS) is 10.6. The number of anilines is 1. The Morgan fingerprint density at radius 2 is 1.31 bits per heavy atom. The monoisotopic (exact) mass is 219 g/mol. The zero-order valence-corrected chi connectivity index (χ0v) is 11.4. The number of rotatable bonds is 5. The molecule has 0 saturated carbocycles. The van der Waals surface area contributed by atoms with E-state index >= 15 is 0 Å². The molecule has 0 bridgehead atoms. The first-order valence-corrected chi connectivity index (χ1v) is 6.42. The van der Waals surface area contributed by atoms with Crippen molar-refractivity contribution < 1.29 is 0 Å². The quantitative estimate of drug-likeness (QED) is 0.716. The van der Waals surface area contributed by atoms with Gasteiger partial charge in [0.25, 0.3) is 0 Å². The van der Waals surface area contributed by atoms with Crippen LogP contribution < -0.4 is 4.90 Å². The molecular weight excluding hydrogens is 194 g/mol. The van der Waals surface area contributed by atoms with E-state index in [2.05, 4.69) is 51.7 Å². The lowest BCUT2D eigenvalue weighted by Gasteiger charge is -2.25. The summed E-state index contributed by atoms with van der Waals surface area (Å²) in [7, 11) is 0. The summed E-state index contributed by atoms with van der Waals surface area (Å²) in [6.07, 6.45) is 2.43. The Labute approximate surface area is 100 Å². The lowest BCUT2D eigenvalue weighted by molar-refractivity contribution is 0.744. The second-order valence-corrected chi connectivity index (χ2v) is 4.69. The third-order valence-electron chi connectivity index (χ3n) is 3.26. The molecule has 0 atom stereocenters. The van der Waals surface area contributed by atoms with Crippen LogP contribution in [0.1, 0.15) is 43.4 Å². The van der Waals surface area contributed by atoms with Gasteiger partial charge >= 0.3 is 0 Å². The van der Waals surface area contributed by atoms with Crippen LogP contribution in [0.4, 0.5) is 5.69 Å². The Bertz CT molecular complexity index is 312. The van der Waals surface area contributed by atoms with Crippen molar-refractivity contribution in [2.24, 2.45) is 0 Å². The molecule has 0 N–H and O–H groups in total. The second kappa shape index (κ2) is 5.93. The van der Waals surface area contributed by atoms with Crippen molar-refractivity contribution >= 4 is 5.69 Å². The Hall–Kier alpha value is -0.980. The summed E-state index contributed by atoms with van der Waals surface area (Å²) in [5.41, 5.74) is 5.64. The highest BCUT2D eigenvalue weighted by Crippen LogP contribution is 2.22. The third-order valence-corrected chi connectivity index (χ3v) is 3.26. The van der Waals surface area contributed by atoms with Gasteiger partial charge in [-0.25, -0.2) is 0 Å². The molecule has 0 aromatic heterocycles. The van der Waals surface area contributed by atoms with Crippen molar-refractivity contribution in [1.82, 2.24) is 0 Å². The van der Waals surface area contributed by atoms with E-state index in [-0.39, 0.29) is 0 Å². The molecular formula is C15H25N. The van der Waals surface area contributed by atoms with E-state index in [1.54, 1.807) is 0 Å². The van der Waals surface area contributed by atoms with Crippen LogP contribution in [-0.4, -0.2) is 13.1 Å². The van der Waals surface area contributed by atoms with Crippen molar-refractivity contribution in [3.05, 3.63) is 28.8 Å². The van der Waals surface area contributed by atoms with E-state index in [4.69, 9.17) is 0 Å². The summed E-state index contributed by atoms with van der Waals surface area (Å²) >= 11 is 0. The van der Waals surface area contributed by atoms with Crippen molar-refractivity contribution in [2.75, 3.05) is 18.0 Å². The SMILES string of the molecule is CCCN(CCC)c1cc(C)c(C)c(C)c1. The van der Waals surface area contributed by atoms with Gasteiger partial charge in [-0.3, -0.25) is 0 Å². The predicted molar refractivity (Wildman–Crippen MR) is 73.4 cm³/mol. The molecule has 1 aromatic rings. The Morgan fingerprint density at radius 1 is 0.875 bits per heavy atom. The summed E-state index contributed by atoms with van der Waals surface area (Å²) in [5, 5.41) is 0. The lowest BCUT2D eigenvalue weighted by Crippen LogP contribution is -2.25. The summed E-state index contributed by atoms with van der Waals surface area (Å²) in [4.78, 5) is 2.50. The molecule has 0 aliphatic rings. The van der Waals surface area contributed by atoms with Crippen LogP contribution in [-0.2, 0) is 0 Å². The summed E-state index contributed by atoms with van der Waals surface area (Å²) in [6.45, 7) is 13.4. The number of benzene rings is 1. The lowest BCUT2D eigenvalue weighted by atomic mass is 10.0. The van der Waals surface area contributed by atoms with Gasteiger partial charge in [0.1, 0.15) is 0 Å². The molecule has 0 amide bonds. The molecule has 0 heterocycles. The van der Waals surface area contributed by atoms with Crippen LogP contribution in [0, 0.1) is 20.8 Å². The van der Waals surface area contributed by atoms with Crippen LogP contribution in [0.25, 0.3) is 0 Å². The predicted octanol–water partition coefficient (Wildman–Crippen LogP) is 4.24. The Balaban J connectivity index is 3.00. The van der Waals surface area contributed by atoms with Gasteiger partial charge in [-0.2, -0.15) is 0 Å². The third kappa shape index (κ3) is 3.01. The highest BCUT2D eigenvalue weighted by atomic mass is 15.1. The number of aryl methyl sites for hydroxylation is 2. The van der Waals surface area contributed by atoms with Gasteiger partial charge in [-0.05, 0) is 62.4 Å². The van der Waals surface area contributed by atoms with Crippen molar-refractivity contribution in [1.29, 1.82) is 0 Å². The Morgan fingerprint density at radius 3 is 1.69 bits per heavy atom. The molecule has 1 aromatic carbocycles. The van der Waals surface area contributed by atoms with Crippen LogP contribution >= 0.6 is 0 Å². The average molecular weight is 219 g/mol. The summed E-state index contributed by atoms with van der Waals surface area (Å²) in [6, 6.07) is 4.65. The van der Waals surface area contributed by atoms with Gasteiger partial charge in [0, 0.05) is 18.8 Å². The maximum atomic E-state index is 2.50. The van der Waals surface area contributed by atoms with E-state index in [0.717, 1.165) is 13.1 Å². The molecule has 1 rings (SSSR count). The molecule has 0 spiro atoms. The standard InChI is InChI=1S/C15H25N/c1-6-8-16(9-7-2)15-10-12(3)14(5)13(4)11-15/h10-11H,6-9H2,1-5H3. The number of nitrogens with zero attached hydrogens (tertiary/aromatic N) is 1. The first-order valence-electron chi connectivity index (χ1n) is 6.42. The fourth-order valence-corrected chi connectivity index (χ4v) is 2.11. The van der Waals surface area contributed by atoms with Crippen LogP contribution in [0.5, 0.6) is 0 Å². The molecule has 16 heavy (non-hydrogen) atoms. The minimum absolute atomic E-state index is 1.16. The van der Waals surface area contributed by atoms with Gasteiger partial charge in [0.15, 0.2) is 0 Å². The van der Waals surface area contributed by atoms with Gasteiger partial charge < -0.3 is 4.90 Å². The molecule has 0 unspecified atom stereocenters. The van der Waals surface area contributed by atoms with Crippen LogP contribution in [0.3, 0.4) is 0 Å². The molecule has 1 heteroatoms. The van der Waals surface area contributed by atoms with E-state index < -0.39 is 0 Å². The zero-order valence-electron chi connectivity index (χ0n) is 11.4. The summed E-state index contributed by atoms with van der Waals surface area (Å²) < 4.78 is 0. The molecule has 0 fully saturated rings. The molecule has 0 radical (unpaired) electrons. The molecule has 0 aliphatic carbocycles. The Kier molecular flexibility index (Phi) is 4.85. The van der Waals surface area contributed by atoms with Gasteiger partial charge in [0.2, 0.25) is 0 Å². The van der Waals surface area contributed by atoms with E-state index in [1.807, 2.05) is 0 Å². The maximum Gasteiger partial charge on any atom is 0.0371 e. The molecule has 0 saturated heterocycles. The van der Waals surface area contributed by atoms with Crippen LogP contribution in [0.2, 0.25) is 0 Å². The maximum absolute atomic E-state index is 2.50. The first kappa shape index (κ1) is 13.1. The fraction of sp³-hybridized carbons (Fsp3) is 0.600. The van der Waals surface area contributed by atoms with E-state index in [1.165, 1.54) is 35.2 Å². The minimum Gasteiger partial charge on any atom is -0.372 e. The van der Waals surface area contributed by atoms with Crippen molar-refractivity contribution in [2.45, 2.75) is 47.5 Å². The largest absolute Gasteiger partial charge is 0.372 e. The summed E-state index contributed by atoms with van der Waals surface area (Å²) in [5.74, 6) is 0. The van der Waals surface area contributed by atoms with Gasteiger partial charge in [0.05, 0.1) is 0 Å². The zero-order chi connectivity index (χ0) is 12.1.